The molecule has 0 unspecified atom stereocenters. The van der Waals surface area contributed by atoms with Crippen LogP contribution in [0.5, 0.6) is 0 Å². The average molecular weight is 343 g/mol. The first kappa shape index (κ1) is 17.7. The highest BCUT2D eigenvalue weighted by Crippen LogP contribution is 2.09. The molecule has 0 fully saturated rings. The van der Waals surface area contributed by atoms with Crippen LogP contribution in [0.2, 0.25) is 0 Å². The van der Waals surface area contributed by atoms with Gasteiger partial charge in [-0.25, -0.2) is 4.79 Å². The smallest absolute Gasteiger partial charge is 0.404 e. The molecule has 0 heterocycles. The average Bonchev–Trinajstić information content (AvgIpc) is 2.57. The van der Waals surface area contributed by atoms with Gasteiger partial charge in [-0.05, 0) is 48.3 Å². The van der Waals surface area contributed by atoms with E-state index in [1.807, 2.05) is 42.5 Å². The van der Waals surface area contributed by atoms with Gasteiger partial charge in [0.15, 0.2) is 5.11 Å². The van der Waals surface area contributed by atoms with E-state index in [1.165, 1.54) is 5.56 Å². The van der Waals surface area contributed by atoms with E-state index in [1.54, 1.807) is 0 Å². The Labute approximate surface area is 147 Å². The van der Waals surface area contributed by atoms with Crippen molar-refractivity contribution in [2.24, 2.45) is 0 Å². The molecule has 0 radical (unpaired) electrons. The Hall–Kier alpha value is -2.60. The van der Waals surface area contributed by atoms with Gasteiger partial charge in [0.2, 0.25) is 0 Å². The first-order chi connectivity index (χ1) is 11.6. The molecule has 2 aromatic rings. The molecule has 0 aliphatic carbocycles. The fourth-order valence-electron chi connectivity index (χ4n) is 2.21. The van der Waals surface area contributed by atoms with Gasteiger partial charge < -0.3 is 21.1 Å². The van der Waals surface area contributed by atoms with E-state index in [-0.39, 0.29) is 0 Å². The maximum atomic E-state index is 10.4. The Bertz CT molecular complexity index is 660. The van der Waals surface area contributed by atoms with E-state index in [0.717, 1.165) is 24.2 Å². The molecule has 4 N–H and O–H groups in total. The van der Waals surface area contributed by atoms with E-state index in [0.29, 0.717) is 18.1 Å². The van der Waals surface area contributed by atoms with Crippen LogP contribution in [-0.2, 0) is 12.8 Å². The van der Waals surface area contributed by atoms with Gasteiger partial charge in [0.1, 0.15) is 0 Å². The van der Waals surface area contributed by atoms with Crippen LogP contribution in [0.25, 0.3) is 0 Å². The van der Waals surface area contributed by atoms with E-state index in [2.05, 4.69) is 28.1 Å². The lowest BCUT2D eigenvalue weighted by molar-refractivity contribution is 0.194. The van der Waals surface area contributed by atoms with Gasteiger partial charge in [-0.1, -0.05) is 42.5 Å². The fraction of sp³-hybridized carbons (Fsp3) is 0.222. The Morgan fingerprint density at radius 2 is 1.46 bits per heavy atom. The second kappa shape index (κ2) is 9.52. The molecule has 0 saturated carbocycles. The van der Waals surface area contributed by atoms with Gasteiger partial charge in [-0.2, -0.15) is 0 Å². The standard InChI is InChI=1S/C18H21N3O2S/c22-18(23)20-13-11-15-6-8-16(9-7-15)21-17(24)19-12-10-14-4-2-1-3-5-14/h1-9,20H,10-13H2,(H,22,23)(H2,19,21,24). The SMILES string of the molecule is O=C(O)NCCc1ccc(NC(=S)NCCc2ccccc2)cc1. The van der Waals surface area contributed by atoms with E-state index in [9.17, 15) is 4.79 Å². The normalized spacial score (nSPS) is 10.0. The summed E-state index contributed by atoms with van der Waals surface area (Å²) in [6, 6.07) is 18.0. The van der Waals surface area contributed by atoms with Gasteiger partial charge in [-0.15, -0.1) is 0 Å². The summed E-state index contributed by atoms with van der Waals surface area (Å²) < 4.78 is 0. The van der Waals surface area contributed by atoms with Crippen molar-refractivity contribution >= 4 is 29.1 Å². The highest BCUT2D eigenvalue weighted by Gasteiger charge is 2.00. The summed E-state index contributed by atoms with van der Waals surface area (Å²) in [6.45, 7) is 1.18. The van der Waals surface area contributed by atoms with Crippen LogP contribution in [-0.4, -0.2) is 29.4 Å². The van der Waals surface area contributed by atoms with Gasteiger partial charge in [0, 0.05) is 18.8 Å². The fourth-order valence-corrected chi connectivity index (χ4v) is 2.43. The summed E-state index contributed by atoms with van der Waals surface area (Å²) >= 11 is 5.29. The van der Waals surface area contributed by atoms with Crippen molar-refractivity contribution in [2.45, 2.75) is 12.8 Å². The summed E-state index contributed by atoms with van der Waals surface area (Å²) in [5.74, 6) is 0. The zero-order valence-corrected chi connectivity index (χ0v) is 14.1. The first-order valence-corrected chi connectivity index (χ1v) is 8.19. The highest BCUT2D eigenvalue weighted by molar-refractivity contribution is 7.80. The minimum Gasteiger partial charge on any atom is -0.465 e. The third-order valence-electron chi connectivity index (χ3n) is 3.44. The second-order valence-electron chi connectivity index (χ2n) is 5.30. The number of hydrogen-bond donors (Lipinski definition) is 4. The second-order valence-corrected chi connectivity index (χ2v) is 5.70. The van der Waals surface area contributed by atoms with E-state index >= 15 is 0 Å². The zero-order valence-electron chi connectivity index (χ0n) is 13.3. The van der Waals surface area contributed by atoms with Crippen molar-refractivity contribution in [3.05, 3.63) is 65.7 Å². The monoisotopic (exact) mass is 343 g/mol. The number of carboxylic acid groups (broad SMARTS) is 1. The van der Waals surface area contributed by atoms with Gasteiger partial charge >= 0.3 is 6.09 Å². The van der Waals surface area contributed by atoms with Crippen LogP contribution in [0.4, 0.5) is 10.5 Å². The minimum absolute atomic E-state index is 0.404. The Morgan fingerprint density at radius 1 is 0.875 bits per heavy atom. The summed E-state index contributed by atoms with van der Waals surface area (Å²) in [5, 5.41) is 17.8. The first-order valence-electron chi connectivity index (χ1n) is 7.78. The van der Waals surface area contributed by atoms with E-state index in [4.69, 9.17) is 17.3 Å². The highest BCUT2D eigenvalue weighted by atomic mass is 32.1. The van der Waals surface area contributed by atoms with Crippen molar-refractivity contribution in [1.82, 2.24) is 10.6 Å². The third-order valence-corrected chi connectivity index (χ3v) is 3.69. The number of carbonyl (C=O) groups is 1. The molecule has 24 heavy (non-hydrogen) atoms. The largest absolute Gasteiger partial charge is 0.465 e. The van der Waals surface area contributed by atoms with Crippen LogP contribution in [0, 0.1) is 0 Å². The number of anilines is 1. The van der Waals surface area contributed by atoms with Crippen molar-refractivity contribution in [2.75, 3.05) is 18.4 Å². The molecule has 0 aliphatic rings. The molecule has 0 aromatic heterocycles. The molecule has 6 heteroatoms. The van der Waals surface area contributed by atoms with Crippen molar-refractivity contribution in [3.8, 4) is 0 Å². The molecular formula is C18H21N3O2S. The van der Waals surface area contributed by atoms with Gasteiger partial charge in [0.05, 0.1) is 0 Å². The third kappa shape index (κ3) is 6.66. The molecule has 2 rings (SSSR count). The van der Waals surface area contributed by atoms with Crippen molar-refractivity contribution in [1.29, 1.82) is 0 Å². The van der Waals surface area contributed by atoms with Crippen molar-refractivity contribution in [3.63, 3.8) is 0 Å². The molecule has 0 aliphatic heterocycles. The van der Waals surface area contributed by atoms with Gasteiger partial charge in [0.25, 0.3) is 0 Å². The number of nitrogens with one attached hydrogen (secondary N) is 3. The number of thiocarbonyl (C=S) groups is 1. The molecule has 0 atom stereocenters. The molecule has 0 bridgehead atoms. The number of amides is 1. The quantitative estimate of drug-likeness (QED) is 0.582. The van der Waals surface area contributed by atoms with Crippen LogP contribution in [0.15, 0.2) is 54.6 Å². The van der Waals surface area contributed by atoms with Crippen LogP contribution in [0.1, 0.15) is 11.1 Å². The maximum Gasteiger partial charge on any atom is 0.404 e. The van der Waals surface area contributed by atoms with Crippen molar-refractivity contribution < 1.29 is 9.90 Å². The van der Waals surface area contributed by atoms with Crippen LogP contribution >= 0.6 is 12.2 Å². The molecular weight excluding hydrogens is 322 g/mol. The molecule has 0 saturated heterocycles. The molecule has 126 valence electrons. The molecule has 2 aromatic carbocycles. The summed E-state index contributed by atoms with van der Waals surface area (Å²) in [6.07, 6.45) is 0.574. The van der Waals surface area contributed by atoms with E-state index < -0.39 is 6.09 Å². The molecule has 1 amide bonds. The number of rotatable bonds is 7. The lowest BCUT2D eigenvalue weighted by atomic mass is 10.1. The predicted molar refractivity (Wildman–Crippen MR) is 101 cm³/mol. The Morgan fingerprint density at radius 3 is 2.08 bits per heavy atom. The summed E-state index contributed by atoms with van der Waals surface area (Å²) in [4.78, 5) is 10.4. The Kier molecular flexibility index (Phi) is 7.04. The summed E-state index contributed by atoms with van der Waals surface area (Å²) in [5.41, 5.74) is 3.24. The predicted octanol–water partition coefficient (Wildman–Crippen LogP) is 3.03. The molecule has 5 nitrogen and oxygen atoms in total. The number of benzene rings is 2. The lowest BCUT2D eigenvalue weighted by Crippen LogP contribution is -2.30. The zero-order chi connectivity index (χ0) is 17.2. The maximum absolute atomic E-state index is 10.4. The van der Waals surface area contributed by atoms with Crippen LogP contribution in [0.3, 0.4) is 0 Å². The summed E-state index contributed by atoms with van der Waals surface area (Å²) in [7, 11) is 0. The number of hydrogen-bond acceptors (Lipinski definition) is 2. The lowest BCUT2D eigenvalue weighted by Gasteiger charge is -2.11. The minimum atomic E-state index is -1.000. The Balaban J connectivity index is 1.70. The molecule has 0 spiro atoms. The topological polar surface area (TPSA) is 73.4 Å². The van der Waals surface area contributed by atoms with Crippen LogP contribution < -0.4 is 16.0 Å². The van der Waals surface area contributed by atoms with Gasteiger partial charge in [-0.3, -0.25) is 0 Å².